The average molecular weight is 229 g/mol. The van der Waals surface area contributed by atoms with E-state index in [2.05, 4.69) is 5.32 Å². The highest BCUT2D eigenvalue weighted by Gasteiger charge is 2.52. The molecule has 1 aliphatic heterocycles. The molecule has 17 heavy (non-hydrogen) atoms. The zero-order valence-corrected chi connectivity index (χ0v) is 9.61. The molecule has 1 N–H and O–H groups in total. The first-order valence-corrected chi connectivity index (χ1v) is 6.10. The number of hydrogen-bond donors (Lipinski definition) is 1. The van der Waals surface area contributed by atoms with E-state index in [4.69, 9.17) is 0 Å². The number of imide groups is 1. The van der Waals surface area contributed by atoms with Crippen LogP contribution in [0.5, 0.6) is 0 Å². The summed E-state index contributed by atoms with van der Waals surface area (Å²) in [4.78, 5) is 23.6. The van der Waals surface area contributed by atoms with Gasteiger partial charge in [-0.05, 0) is 23.8 Å². The van der Waals surface area contributed by atoms with Gasteiger partial charge in [-0.1, -0.05) is 36.8 Å². The van der Waals surface area contributed by atoms with Gasteiger partial charge in [-0.25, -0.2) is 0 Å². The maximum absolute atomic E-state index is 12.1. The van der Waals surface area contributed by atoms with Crippen molar-refractivity contribution < 1.29 is 9.59 Å². The summed E-state index contributed by atoms with van der Waals surface area (Å²) < 4.78 is 0. The Hall–Kier alpha value is -1.64. The summed E-state index contributed by atoms with van der Waals surface area (Å²) in [6.45, 7) is 0. The summed E-state index contributed by atoms with van der Waals surface area (Å²) >= 11 is 0. The van der Waals surface area contributed by atoms with Crippen LogP contribution in [0, 0.1) is 5.41 Å². The van der Waals surface area contributed by atoms with Crippen LogP contribution in [-0.4, -0.2) is 11.8 Å². The Kier molecular flexibility index (Phi) is 2.28. The lowest BCUT2D eigenvalue weighted by molar-refractivity contribution is -0.143. The average Bonchev–Trinajstić information content (AvgIpc) is 2.27. The molecule has 1 aromatic carbocycles. The van der Waals surface area contributed by atoms with Crippen molar-refractivity contribution in [2.45, 2.75) is 31.6 Å². The fourth-order valence-electron chi connectivity index (χ4n) is 3.20. The molecular weight excluding hydrogens is 214 g/mol. The molecule has 0 bridgehead atoms. The van der Waals surface area contributed by atoms with E-state index in [0.29, 0.717) is 6.42 Å². The van der Waals surface area contributed by atoms with Gasteiger partial charge in [0.15, 0.2) is 0 Å². The highest BCUT2D eigenvalue weighted by molar-refractivity contribution is 6.02. The minimum absolute atomic E-state index is 0.0965. The highest BCUT2D eigenvalue weighted by atomic mass is 16.2. The predicted octanol–water partition coefficient (Wildman–Crippen LogP) is 1.99. The standard InChI is InChI=1S/C14H15NO2/c16-11-9-14(7-4-8-14)12(13(17)15-11)10-5-2-1-3-6-10/h1-3,5-6,12H,4,7-9H2,(H,15,16,17). The second-order valence-electron chi connectivity index (χ2n) is 5.15. The Balaban J connectivity index is 2.01. The first-order chi connectivity index (χ1) is 8.21. The number of hydrogen-bond acceptors (Lipinski definition) is 2. The van der Waals surface area contributed by atoms with Gasteiger partial charge in [0.2, 0.25) is 11.8 Å². The summed E-state index contributed by atoms with van der Waals surface area (Å²) in [7, 11) is 0. The Labute approximate surface area is 100 Å². The molecule has 1 unspecified atom stereocenters. The normalized spacial score (nSPS) is 26.5. The quantitative estimate of drug-likeness (QED) is 0.748. The van der Waals surface area contributed by atoms with E-state index in [1.165, 1.54) is 0 Å². The van der Waals surface area contributed by atoms with Gasteiger partial charge in [0.1, 0.15) is 0 Å². The van der Waals surface area contributed by atoms with E-state index in [0.717, 1.165) is 24.8 Å². The van der Waals surface area contributed by atoms with Crippen LogP contribution in [0.15, 0.2) is 30.3 Å². The summed E-state index contributed by atoms with van der Waals surface area (Å²) in [5, 5.41) is 2.47. The van der Waals surface area contributed by atoms with Gasteiger partial charge in [-0.2, -0.15) is 0 Å². The first-order valence-electron chi connectivity index (χ1n) is 6.10. The molecular formula is C14H15NO2. The van der Waals surface area contributed by atoms with E-state index in [1.807, 2.05) is 30.3 Å². The summed E-state index contributed by atoms with van der Waals surface area (Å²) in [6, 6.07) is 9.82. The topological polar surface area (TPSA) is 46.2 Å². The van der Waals surface area contributed by atoms with Gasteiger partial charge in [-0.15, -0.1) is 0 Å². The van der Waals surface area contributed by atoms with Crippen molar-refractivity contribution >= 4 is 11.8 Å². The zero-order chi connectivity index (χ0) is 11.9. The molecule has 0 radical (unpaired) electrons. The van der Waals surface area contributed by atoms with Gasteiger partial charge < -0.3 is 0 Å². The van der Waals surface area contributed by atoms with E-state index >= 15 is 0 Å². The fraction of sp³-hybridized carbons (Fsp3) is 0.429. The van der Waals surface area contributed by atoms with Crippen molar-refractivity contribution in [2.24, 2.45) is 5.41 Å². The van der Waals surface area contributed by atoms with E-state index in [-0.39, 0.29) is 23.1 Å². The van der Waals surface area contributed by atoms with Gasteiger partial charge in [0, 0.05) is 6.42 Å². The Morgan fingerprint density at radius 3 is 2.41 bits per heavy atom. The molecule has 1 saturated carbocycles. The summed E-state index contributed by atoms with van der Waals surface area (Å²) in [5.41, 5.74) is 0.943. The molecule has 0 aromatic heterocycles. The van der Waals surface area contributed by atoms with E-state index in [9.17, 15) is 9.59 Å². The molecule has 2 amide bonds. The van der Waals surface area contributed by atoms with E-state index < -0.39 is 0 Å². The van der Waals surface area contributed by atoms with Crippen molar-refractivity contribution in [3.63, 3.8) is 0 Å². The van der Waals surface area contributed by atoms with Gasteiger partial charge in [0.25, 0.3) is 0 Å². The molecule has 88 valence electrons. The minimum Gasteiger partial charge on any atom is -0.296 e. The summed E-state index contributed by atoms with van der Waals surface area (Å²) in [5.74, 6) is -0.371. The lowest BCUT2D eigenvalue weighted by Crippen LogP contribution is -2.53. The third kappa shape index (κ3) is 1.57. The van der Waals surface area contributed by atoms with Crippen LogP contribution in [0.1, 0.15) is 37.2 Å². The van der Waals surface area contributed by atoms with Crippen molar-refractivity contribution in [1.82, 2.24) is 5.32 Å². The van der Waals surface area contributed by atoms with Crippen LogP contribution in [0.2, 0.25) is 0 Å². The number of carbonyl (C=O) groups excluding carboxylic acids is 2. The van der Waals surface area contributed by atoms with Crippen LogP contribution in [0.4, 0.5) is 0 Å². The third-order valence-electron chi connectivity index (χ3n) is 4.13. The smallest absolute Gasteiger partial charge is 0.234 e. The number of amides is 2. The lowest BCUT2D eigenvalue weighted by Gasteiger charge is -2.49. The Bertz CT molecular complexity index is 462. The number of rotatable bonds is 1. The van der Waals surface area contributed by atoms with Crippen LogP contribution >= 0.6 is 0 Å². The number of benzene rings is 1. The lowest BCUT2D eigenvalue weighted by atomic mass is 9.56. The minimum atomic E-state index is -0.143. The van der Waals surface area contributed by atoms with Crippen LogP contribution in [-0.2, 0) is 9.59 Å². The first kappa shape index (κ1) is 10.5. The molecule has 3 nitrogen and oxygen atoms in total. The van der Waals surface area contributed by atoms with Crippen LogP contribution in [0.25, 0.3) is 0 Å². The Morgan fingerprint density at radius 2 is 1.82 bits per heavy atom. The van der Waals surface area contributed by atoms with E-state index in [1.54, 1.807) is 0 Å². The Morgan fingerprint density at radius 1 is 1.12 bits per heavy atom. The van der Waals surface area contributed by atoms with Gasteiger partial charge in [-0.3, -0.25) is 14.9 Å². The third-order valence-corrected chi connectivity index (χ3v) is 4.13. The van der Waals surface area contributed by atoms with Crippen LogP contribution < -0.4 is 5.32 Å². The molecule has 1 aromatic rings. The largest absolute Gasteiger partial charge is 0.296 e. The molecule has 2 fully saturated rings. The molecule has 2 aliphatic rings. The molecule has 3 heteroatoms. The van der Waals surface area contributed by atoms with Crippen molar-refractivity contribution in [3.05, 3.63) is 35.9 Å². The highest BCUT2D eigenvalue weighted by Crippen LogP contribution is 2.55. The second kappa shape index (κ2) is 3.69. The second-order valence-corrected chi connectivity index (χ2v) is 5.15. The van der Waals surface area contributed by atoms with Gasteiger partial charge >= 0.3 is 0 Å². The number of carbonyl (C=O) groups is 2. The maximum Gasteiger partial charge on any atom is 0.234 e. The van der Waals surface area contributed by atoms with Crippen molar-refractivity contribution in [3.8, 4) is 0 Å². The zero-order valence-electron chi connectivity index (χ0n) is 9.61. The van der Waals surface area contributed by atoms with Crippen LogP contribution in [0.3, 0.4) is 0 Å². The molecule has 1 heterocycles. The number of nitrogens with one attached hydrogen (secondary N) is 1. The summed E-state index contributed by atoms with van der Waals surface area (Å²) in [6.07, 6.45) is 3.61. The molecule has 3 rings (SSSR count). The molecule has 1 saturated heterocycles. The van der Waals surface area contributed by atoms with Crippen molar-refractivity contribution in [1.29, 1.82) is 0 Å². The SMILES string of the molecule is O=C1CC2(CCC2)C(c2ccccc2)C(=O)N1. The molecule has 1 atom stereocenters. The number of piperidine rings is 1. The maximum atomic E-state index is 12.1. The van der Waals surface area contributed by atoms with Gasteiger partial charge in [0.05, 0.1) is 5.92 Å². The molecule has 1 aliphatic carbocycles. The monoisotopic (exact) mass is 229 g/mol. The predicted molar refractivity (Wildman–Crippen MR) is 63.2 cm³/mol. The van der Waals surface area contributed by atoms with Crippen molar-refractivity contribution in [2.75, 3.05) is 0 Å². The molecule has 1 spiro atoms. The fourth-order valence-corrected chi connectivity index (χ4v) is 3.20.